The number of urea groups is 1. The van der Waals surface area contributed by atoms with Crippen molar-refractivity contribution < 1.29 is 26.9 Å². The van der Waals surface area contributed by atoms with Gasteiger partial charge >= 0.3 is 12.2 Å². The number of nitrogens with one attached hydrogen (secondary N) is 2. The Kier molecular flexibility index (Phi) is 6.86. The van der Waals surface area contributed by atoms with Crippen LogP contribution >= 0.6 is 8.81 Å². The van der Waals surface area contributed by atoms with Crippen molar-refractivity contribution >= 4 is 37.5 Å². The second-order valence-electron chi connectivity index (χ2n) is 7.31. The summed E-state index contributed by atoms with van der Waals surface area (Å²) >= 11 is 0. The van der Waals surface area contributed by atoms with Gasteiger partial charge in [0, 0.05) is 31.8 Å². The fourth-order valence-corrected chi connectivity index (χ4v) is 3.77. The van der Waals surface area contributed by atoms with Crippen molar-refractivity contribution in [1.82, 2.24) is 14.6 Å². The van der Waals surface area contributed by atoms with Gasteiger partial charge in [0.05, 0.1) is 17.9 Å². The molecule has 2 heterocycles. The number of amides is 2. The van der Waals surface area contributed by atoms with Crippen LogP contribution in [-0.4, -0.2) is 27.3 Å². The molecule has 0 aliphatic rings. The number of nitrogens with two attached hydrogens (primary N) is 1. The summed E-state index contributed by atoms with van der Waals surface area (Å²) < 4.78 is 59.8. The van der Waals surface area contributed by atoms with Gasteiger partial charge in [0.1, 0.15) is 17.7 Å². The summed E-state index contributed by atoms with van der Waals surface area (Å²) in [6.07, 6.45) is -1.53. The van der Waals surface area contributed by atoms with E-state index in [0.29, 0.717) is 36.0 Å². The summed E-state index contributed by atoms with van der Waals surface area (Å²) in [5.41, 5.74) is 7.70. The van der Waals surface area contributed by atoms with E-state index in [4.69, 9.17) is 10.3 Å². The maximum atomic E-state index is 13.9. The zero-order valence-corrected chi connectivity index (χ0v) is 19.2. The average Bonchev–Trinajstić information content (AvgIpc) is 3.18. The monoisotopic (exact) mass is 506 g/mol. The van der Waals surface area contributed by atoms with Crippen molar-refractivity contribution in [3.63, 3.8) is 0 Å². The third-order valence-electron chi connectivity index (χ3n) is 5.03. The van der Waals surface area contributed by atoms with E-state index in [1.54, 1.807) is 35.0 Å². The second kappa shape index (κ2) is 9.85. The number of benzene rings is 2. The Morgan fingerprint density at radius 1 is 1.17 bits per heavy atom. The number of carbonyl (C=O) groups is 1. The van der Waals surface area contributed by atoms with Crippen LogP contribution in [0.5, 0.6) is 0 Å². The number of aromatic nitrogens is 3. The Morgan fingerprint density at radius 3 is 2.60 bits per heavy atom. The standard InChI is InChI=1S/C22H19F4N6O2P/c1-35-34-10-13-9-32-19(20(27)28-11-29-32)18(13)12-2-5-15(6-3-12)30-21(33)31-17-8-14(22(24,25)26)4-7-16(17)23/h2-9,11,35H,10H2,1H3,(H2,27,28,29)(H2,30,31,33). The molecule has 0 radical (unpaired) electrons. The molecule has 0 bridgehead atoms. The van der Waals surface area contributed by atoms with Gasteiger partial charge in [0.25, 0.3) is 0 Å². The first kappa shape index (κ1) is 24.4. The van der Waals surface area contributed by atoms with Crippen LogP contribution in [0, 0.1) is 5.82 Å². The Labute approximate surface area is 198 Å². The molecule has 4 aromatic rings. The van der Waals surface area contributed by atoms with E-state index in [0.717, 1.165) is 16.7 Å². The van der Waals surface area contributed by atoms with E-state index in [2.05, 4.69) is 20.7 Å². The van der Waals surface area contributed by atoms with Crippen molar-refractivity contribution in [3.05, 3.63) is 71.9 Å². The normalized spacial score (nSPS) is 11.9. The zero-order valence-electron chi connectivity index (χ0n) is 18.2. The summed E-state index contributed by atoms with van der Waals surface area (Å²) in [6, 6.07) is 7.50. The lowest BCUT2D eigenvalue weighted by Crippen LogP contribution is -2.20. The van der Waals surface area contributed by atoms with E-state index >= 15 is 0 Å². The molecule has 0 aliphatic carbocycles. The van der Waals surface area contributed by atoms with Crippen LogP contribution in [0.1, 0.15) is 11.1 Å². The highest BCUT2D eigenvalue weighted by Crippen LogP contribution is 2.34. The minimum absolute atomic E-state index is 0.279. The Morgan fingerprint density at radius 2 is 1.91 bits per heavy atom. The van der Waals surface area contributed by atoms with Gasteiger partial charge in [-0.05, 0) is 42.6 Å². The number of nitrogen functional groups attached to an aromatic ring is 1. The highest BCUT2D eigenvalue weighted by Gasteiger charge is 2.31. The maximum absolute atomic E-state index is 13.9. The molecule has 0 aliphatic heterocycles. The fraction of sp³-hybridized carbons (Fsp3) is 0.136. The van der Waals surface area contributed by atoms with Gasteiger partial charge in [0.15, 0.2) is 5.82 Å². The summed E-state index contributed by atoms with van der Waals surface area (Å²) in [6.45, 7) is 2.23. The van der Waals surface area contributed by atoms with Crippen molar-refractivity contribution in [1.29, 1.82) is 0 Å². The van der Waals surface area contributed by atoms with E-state index in [1.165, 1.54) is 6.33 Å². The Hall–Kier alpha value is -3.76. The minimum Gasteiger partial charge on any atom is -0.382 e. The van der Waals surface area contributed by atoms with Gasteiger partial charge in [-0.25, -0.2) is 18.7 Å². The first-order valence-electron chi connectivity index (χ1n) is 10.1. The molecule has 0 fully saturated rings. The number of nitrogens with zero attached hydrogens (tertiary/aromatic N) is 3. The third kappa shape index (κ3) is 5.33. The average molecular weight is 506 g/mol. The van der Waals surface area contributed by atoms with E-state index < -0.39 is 29.3 Å². The van der Waals surface area contributed by atoms with Gasteiger partial charge < -0.3 is 20.9 Å². The predicted octanol–water partition coefficient (Wildman–Crippen LogP) is 5.52. The van der Waals surface area contributed by atoms with Gasteiger partial charge in [-0.2, -0.15) is 18.3 Å². The molecule has 8 nitrogen and oxygen atoms in total. The largest absolute Gasteiger partial charge is 0.416 e. The van der Waals surface area contributed by atoms with Crippen molar-refractivity contribution in [2.75, 3.05) is 23.0 Å². The number of fused-ring (bicyclic) bond motifs is 1. The van der Waals surface area contributed by atoms with E-state index in [-0.39, 0.29) is 14.6 Å². The number of hydrogen-bond acceptors (Lipinski definition) is 5. The molecule has 1 atom stereocenters. The van der Waals surface area contributed by atoms with Crippen LogP contribution in [-0.2, 0) is 17.3 Å². The van der Waals surface area contributed by atoms with Gasteiger partial charge in [-0.3, -0.25) is 0 Å². The molecule has 182 valence electrons. The number of halogens is 4. The topological polar surface area (TPSA) is 107 Å². The lowest BCUT2D eigenvalue weighted by atomic mass is 10.0. The number of rotatable bonds is 6. The van der Waals surface area contributed by atoms with Crippen molar-refractivity contribution in [2.45, 2.75) is 12.8 Å². The lowest BCUT2D eigenvalue weighted by molar-refractivity contribution is -0.137. The third-order valence-corrected chi connectivity index (χ3v) is 5.46. The number of hydrogen-bond donors (Lipinski definition) is 3. The summed E-state index contributed by atoms with van der Waals surface area (Å²) in [5.74, 6) is -0.712. The highest BCUT2D eigenvalue weighted by atomic mass is 31.1. The molecule has 4 rings (SSSR count). The number of alkyl halides is 3. The number of anilines is 3. The van der Waals surface area contributed by atoms with Crippen LogP contribution in [0.3, 0.4) is 0 Å². The molecule has 2 aromatic heterocycles. The van der Waals surface area contributed by atoms with Crippen LogP contribution in [0.2, 0.25) is 0 Å². The van der Waals surface area contributed by atoms with Crippen molar-refractivity contribution in [2.24, 2.45) is 0 Å². The fourth-order valence-electron chi connectivity index (χ4n) is 3.47. The molecular weight excluding hydrogens is 487 g/mol. The molecule has 35 heavy (non-hydrogen) atoms. The first-order chi connectivity index (χ1) is 16.7. The Balaban J connectivity index is 1.56. The summed E-state index contributed by atoms with van der Waals surface area (Å²) in [5, 5.41) is 8.76. The first-order valence-corrected chi connectivity index (χ1v) is 11.5. The maximum Gasteiger partial charge on any atom is 0.416 e. The molecular formula is C22H19F4N6O2P. The molecule has 0 saturated carbocycles. The SMILES string of the molecule is CPOCc1cn2ncnc(N)c2c1-c1ccc(NC(=O)Nc2cc(C(F)(F)F)ccc2F)cc1. The molecule has 2 aromatic carbocycles. The van der Waals surface area contributed by atoms with Gasteiger partial charge in [0.2, 0.25) is 0 Å². The van der Waals surface area contributed by atoms with Gasteiger partial charge in [-0.15, -0.1) is 0 Å². The van der Waals surface area contributed by atoms with E-state index in [9.17, 15) is 22.4 Å². The van der Waals surface area contributed by atoms with Crippen LogP contribution < -0.4 is 16.4 Å². The summed E-state index contributed by atoms with van der Waals surface area (Å²) in [7, 11) is 0.279. The lowest BCUT2D eigenvalue weighted by Gasteiger charge is -2.12. The quantitative estimate of drug-likeness (QED) is 0.236. The second-order valence-corrected chi connectivity index (χ2v) is 8.01. The minimum atomic E-state index is -4.67. The highest BCUT2D eigenvalue weighted by molar-refractivity contribution is 7.31. The molecule has 0 spiro atoms. The number of carbonyl (C=O) groups excluding carboxylic acids is 1. The molecule has 4 N–H and O–H groups in total. The van der Waals surface area contributed by atoms with Crippen LogP contribution in [0.15, 0.2) is 55.0 Å². The molecule has 13 heteroatoms. The summed E-state index contributed by atoms with van der Waals surface area (Å²) in [4.78, 5) is 16.3. The molecule has 1 unspecified atom stereocenters. The zero-order chi connectivity index (χ0) is 25.2. The van der Waals surface area contributed by atoms with Crippen LogP contribution in [0.4, 0.5) is 39.5 Å². The van der Waals surface area contributed by atoms with Crippen molar-refractivity contribution in [3.8, 4) is 11.1 Å². The Bertz CT molecular complexity index is 1380. The predicted molar refractivity (Wildman–Crippen MR) is 126 cm³/mol. The van der Waals surface area contributed by atoms with Gasteiger partial charge in [-0.1, -0.05) is 12.1 Å². The smallest absolute Gasteiger partial charge is 0.382 e. The molecule has 2 amide bonds. The van der Waals surface area contributed by atoms with E-state index in [1.807, 2.05) is 6.66 Å². The van der Waals surface area contributed by atoms with Crippen LogP contribution in [0.25, 0.3) is 16.6 Å². The molecule has 0 saturated heterocycles.